The molecule has 8 heteroatoms. The number of benzene rings is 2. The molecule has 0 aliphatic carbocycles. The monoisotopic (exact) mass is 394 g/mol. The highest BCUT2D eigenvalue weighted by Crippen LogP contribution is 2.23. The molecule has 0 aromatic heterocycles. The lowest BCUT2D eigenvalue weighted by Crippen LogP contribution is -2.48. The molecule has 146 valence electrons. The van der Waals surface area contributed by atoms with Crippen LogP contribution >= 0.6 is 0 Å². The Hall–Kier alpha value is -2.61. The first-order valence-corrected chi connectivity index (χ1v) is 10.2. The molecule has 0 heterocycles. The summed E-state index contributed by atoms with van der Waals surface area (Å²) >= 11 is 0. The molecule has 0 saturated heterocycles. The molecular weight excluding hydrogens is 371 g/mol. The number of ether oxygens (including phenoxy) is 1. The van der Waals surface area contributed by atoms with Crippen molar-refractivity contribution in [3.05, 3.63) is 59.9 Å². The zero-order valence-electron chi connectivity index (χ0n) is 15.6. The second-order valence-corrected chi connectivity index (χ2v) is 8.08. The molecule has 0 fully saturated rings. The number of carbonyl (C=O) groups is 1. The minimum atomic E-state index is -3.80. The molecule has 0 unspecified atom stereocenters. The molecule has 2 atom stereocenters. The third-order valence-electron chi connectivity index (χ3n) is 4.13. The van der Waals surface area contributed by atoms with Crippen LogP contribution in [-0.4, -0.2) is 33.7 Å². The Morgan fingerprint density at radius 2 is 1.78 bits per heavy atom. The Bertz CT molecular complexity index is 900. The van der Waals surface area contributed by atoms with Crippen molar-refractivity contribution in [2.75, 3.05) is 17.7 Å². The summed E-state index contributed by atoms with van der Waals surface area (Å²) in [7, 11) is -2.24. The number of hydrogen-bond acceptors (Lipinski definition) is 4. The van der Waals surface area contributed by atoms with Gasteiger partial charge in [0.1, 0.15) is 17.6 Å². The molecule has 0 aliphatic rings. The van der Waals surface area contributed by atoms with E-state index < -0.39 is 27.8 Å². The van der Waals surface area contributed by atoms with Crippen LogP contribution in [-0.2, 0) is 14.8 Å². The molecule has 2 rings (SSSR count). The average molecular weight is 394 g/mol. The van der Waals surface area contributed by atoms with E-state index in [0.717, 1.165) is 22.2 Å². The fourth-order valence-corrected chi connectivity index (χ4v) is 3.90. The van der Waals surface area contributed by atoms with Crippen LogP contribution in [0.1, 0.15) is 25.5 Å². The fourth-order valence-electron chi connectivity index (χ4n) is 2.73. The summed E-state index contributed by atoms with van der Waals surface area (Å²) < 4.78 is 44.0. The van der Waals surface area contributed by atoms with E-state index in [4.69, 9.17) is 4.74 Å². The fraction of sp³-hybridized carbons (Fsp3) is 0.316. The first-order chi connectivity index (χ1) is 12.6. The van der Waals surface area contributed by atoms with Gasteiger partial charge in [-0.05, 0) is 49.7 Å². The van der Waals surface area contributed by atoms with Crippen molar-refractivity contribution in [1.82, 2.24) is 5.32 Å². The number of carbonyl (C=O) groups excluding carboxylic acids is 1. The summed E-state index contributed by atoms with van der Waals surface area (Å²) in [4.78, 5) is 12.7. The Morgan fingerprint density at radius 3 is 2.30 bits per heavy atom. The van der Waals surface area contributed by atoms with Gasteiger partial charge in [0, 0.05) is 0 Å². The SMILES string of the molecule is COc1ccc([C@H](C)NC(=O)[C@H](C)N(c2cccc(F)c2)S(C)(=O)=O)cc1. The van der Waals surface area contributed by atoms with Crippen molar-refractivity contribution in [3.8, 4) is 5.75 Å². The number of rotatable bonds is 7. The minimum Gasteiger partial charge on any atom is -0.497 e. The summed E-state index contributed by atoms with van der Waals surface area (Å²) in [6.07, 6.45) is 0.981. The highest BCUT2D eigenvalue weighted by molar-refractivity contribution is 7.92. The van der Waals surface area contributed by atoms with Gasteiger partial charge in [-0.15, -0.1) is 0 Å². The van der Waals surface area contributed by atoms with Gasteiger partial charge in [0.05, 0.1) is 25.1 Å². The van der Waals surface area contributed by atoms with E-state index >= 15 is 0 Å². The predicted molar refractivity (Wildman–Crippen MR) is 103 cm³/mol. The second kappa shape index (κ2) is 8.39. The van der Waals surface area contributed by atoms with Gasteiger partial charge in [-0.3, -0.25) is 9.10 Å². The molecule has 0 aliphatic heterocycles. The maximum absolute atomic E-state index is 13.5. The quantitative estimate of drug-likeness (QED) is 0.784. The van der Waals surface area contributed by atoms with Crippen LogP contribution in [0.25, 0.3) is 0 Å². The molecule has 0 bridgehead atoms. The molecular formula is C19H23FN2O4S. The lowest BCUT2D eigenvalue weighted by Gasteiger charge is -2.29. The average Bonchev–Trinajstić information content (AvgIpc) is 2.60. The normalized spacial score (nSPS) is 13.5. The van der Waals surface area contributed by atoms with Gasteiger partial charge < -0.3 is 10.1 Å². The number of nitrogens with one attached hydrogen (secondary N) is 1. The topological polar surface area (TPSA) is 75.7 Å². The van der Waals surface area contributed by atoms with Gasteiger partial charge in [0.25, 0.3) is 0 Å². The summed E-state index contributed by atoms with van der Waals surface area (Å²) in [5.74, 6) is -0.381. The van der Waals surface area contributed by atoms with Crippen LogP contribution in [0.5, 0.6) is 5.75 Å². The van der Waals surface area contributed by atoms with Gasteiger partial charge >= 0.3 is 0 Å². The van der Waals surface area contributed by atoms with Crippen molar-refractivity contribution < 1.29 is 22.3 Å². The maximum Gasteiger partial charge on any atom is 0.244 e. The van der Waals surface area contributed by atoms with Crippen molar-refractivity contribution in [3.63, 3.8) is 0 Å². The molecule has 27 heavy (non-hydrogen) atoms. The van der Waals surface area contributed by atoms with Crippen LogP contribution in [0.15, 0.2) is 48.5 Å². The van der Waals surface area contributed by atoms with E-state index in [0.29, 0.717) is 5.75 Å². The second-order valence-electron chi connectivity index (χ2n) is 6.22. The van der Waals surface area contributed by atoms with Crippen LogP contribution < -0.4 is 14.4 Å². The molecule has 2 aromatic rings. The summed E-state index contributed by atoms with van der Waals surface area (Å²) in [5, 5.41) is 2.79. The molecule has 0 saturated carbocycles. The molecule has 1 N–H and O–H groups in total. The third-order valence-corrected chi connectivity index (χ3v) is 5.37. The standard InChI is InChI=1S/C19H23FN2O4S/c1-13(15-8-10-18(26-3)11-9-15)21-19(23)14(2)22(27(4,24)25)17-7-5-6-16(20)12-17/h5-14H,1-4H3,(H,21,23)/t13-,14-/m0/s1. The van der Waals surface area contributed by atoms with E-state index in [1.807, 2.05) is 12.1 Å². The van der Waals surface area contributed by atoms with E-state index in [9.17, 15) is 17.6 Å². The van der Waals surface area contributed by atoms with Gasteiger partial charge in [-0.2, -0.15) is 0 Å². The van der Waals surface area contributed by atoms with E-state index in [2.05, 4.69) is 5.32 Å². The van der Waals surface area contributed by atoms with Crippen molar-refractivity contribution in [2.45, 2.75) is 25.9 Å². The maximum atomic E-state index is 13.5. The van der Waals surface area contributed by atoms with Gasteiger partial charge in [-0.25, -0.2) is 12.8 Å². The van der Waals surface area contributed by atoms with Crippen molar-refractivity contribution >= 4 is 21.6 Å². The highest BCUT2D eigenvalue weighted by atomic mass is 32.2. The van der Waals surface area contributed by atoms with Crippen LogP contribution in [0.3, 0.4) is 0 Å². The van der Waals surface area contributed by atoms with Crippen LogP contribution in [0.2, 0.25) is 0 Å². The van der Waals surface area contributed by atoms with Gasteiger partial charge in [0.2, 0.25) is 15.9 Å². The van der Waals surface area contributed by atoms with E-state index in [-0.39, 0.29) is 11.7 Å². The number of amides is 1. The predicted octanol–water partition coefficient (Wildman–Crippen LogP) is 2.87. The number of anilines is 1. The van der Waals surface area contributed by atoms with Crippen LogP contribution in [0.4, 0.5) is 10.1 Å². The Kier molecular flexibility index (Phi) is 6.43. The minimum absolute atomic E-state index is 0.0947. The molecule has 0 radical (unpaired) electrons. The molecule has 1 amide bonds. The number of methoxy groups -OCH3 is 1. The molecule has 0 spiro atoms. The van der Waals surface area contributed by atoms with Gasteiger partial charge in [-0.1, -0.05) is 18.2 Å². The number of hydrogen-bond donors (Lipinski definition) is 1. The molecule has 2 aromatic carbocycles. The lowest BCUT2D eigenvalue weighted by atomic mass is 10.1. The van der Waals surface area contributed by atoms with Crippen LogP contribution in [0, 0.1) is 5.82 Å². The van der Waals surface area contributed by atoms with Crippen molar-refractivity contribution in [1.29, 1.82) is 0 Å². The highest BCUT2D eigenvalue weighted by Gasteiger charge is 2.30. The number of nitrogens with zero attached hydrogens (tertiary/aromatic N) is 1. The Balaban J connectivity index is 2.21. The number of halogens is 1. The van der Waals surface area contributed by atoms with Gasteiger partial charge in [0.15, 0.2) is 0 Å². The lowest BCUT2D eigenvalue weighted by molar-refractivity contribution is -0.122. The zero-order chi connectivity index (χ0) is 20.2. The largest absolute Gasteiger partial charge is 0.497 e. The van der Waals surface area contributed by atoms with Crippen molar-refractivity contribution in [2.24, 2.45) is 0 Å². The number of sulfonamides is 1. The summed E-state index contributed by atoms with van der Waals surface area (Å²) in [6.45, 7) is 3.25. The molecule has 6 nitrogen and oxygen atoms in total. The Morgan fingerprint density at radius 1 is 1.15 bits per heavy atom. The smallest absolute Gasteiger partial charge is 0.244 e. The van der Waals surface area contributed by atoms with E-state index in [1.54, 1.807) is 26.2 Å². The van der Waals surface area contributed by atoms with E-state index in [1.165, 1.54) is 25.1 Å². The summed E-state index contributed by atoms with van der Waals surface area (Å²) in [6, 6.07) is 10.9. The summed E-state index contributed by atoms with van der Waals surface area (Å²) in [5.41, 5.74) is 0.935. The first-order valence-electron chi connectivity index (χ1n) is 8.32. The zero-order valence-corrected chi connectivity index (χ0v) is 16.5. The Labute approximate surface area is 159 Å². The first kappa shape index (κ1) is 20.7. The third kappa shape index (κ3) is 5.19.